The van der Waals surface area contributed by atoms with E-state index in [1.54, 1.807) is 0 Å². The zero-order valence-electron chi connectivity index (χ0n) is 6.25. The van der Waals surface area contributed by atoms with E-state index in [0.717, 1.165) is 6.08 Å². The first-order valence-corrected chi connectivity index (χ1v) is 4.49. The quantitative estimate of drug-likeness (QED) is 0.436. The van der Waals surface area contributed by atoms with Crippen molar-refractivity contribution in [1.82, 2.24) is 0 Å². The SMILES string of the molecule is CC=CC(OP(=O)(O)O)C(=O)O. The Morgan fingerprint density at radius 3 is 2.33 bits per heavy atom. The van der Waals surface area contributed by atoms with Gasteiger partial charge in [-0.05, 0) is 13.0 Å². The largest absolute Gasteiger partial charge is 0.479 e. The van der Waals surface area contributed by atoms with Crippen molar-refractivity contribution < 1.29 is 28.8 Å². The van der Waals surface area contributed by atoms with E-state index in [1.165, 1.54) is 13.0 Å². The number of carbonyl (C=O) groups is 1. The number of phosphoric ester groups is 1. The van der Waals surface area contributed by atoms with E-state index in [9.17, 15) is 9.36 Å². The van der Waals surface area contributed by atoms with Crippen LogP contribution in [0.2, 0.25) is 0 Å². The Bertz CT molecular complexity index is 228. The van der Waals surface area contributed by atoms with E-state index in [2.05, 4.69) is 4.52 Å². The minimum atomic E-state index is -4.74. The maximum Gasteiger partial charge on any atom is 0.470 e. The number of hydrogen-bond acceptors (Lipinski definition) is 3. The number of hydrogen-bond donors (Lipinski definition) is 3. The van der Waals surface area contributed by atoms with E-state index in [0.29, 0.717) is 0 Å². The van der Waals surface area contributed by atoms with Gasteiger partial charge in [0.05, 0.1) is 0 Å². The smallest absolute Gasteiger partial charge is 0.470 e. The van der Waals surface area contributed by atoms with Crippen molar-refractivity contribution in [2.45, 2.75) is 13.0 Å². The lowest BCUT2D eigenvalue weighted by molar-refractivity contribution is -0.143. The summed E-state index contributed by atoms with van der Waals surface area (Å²) in [5, 5.41) is 8.35. The molecule has 0 saturated heterocycles. The molecule has 0 heterocycles. The minimum Gasteiger partial charge on any atom is -0.479 e. The molecule has 12 heavy (non-hydrogen) atoms. The zero-order valence-corrected chi connectivity index (χ0v) is 7.14. The highest BCUT2D eigenvalue weighted by Gasteiger charge is 2.25. The summed E-state index contributed by atoms with van der Waals surface area (Å²) in [6.45, 7) is 1.51. The maximum absolute atomic E-state index is 10.2. The summed E-state index contributed by atoms with van der Waals surface area (Å²) in [7, 11) is -4.74. The monoisotopic (exact) mass is 196 g/mol. The van der Waals surface area contributed by atoms with E-state index in [-0.39, 0.29) is 0 Å². The third-order valence-corrected chi connectivity index (χ3v) is 1.36. The predicted octanol–water partition coefficient (Wildman–Crippen LogP) is 0.125. The molecule has 0 aromatic rings. The first kappa shape index (κ1) is 11.3. The Labute approximate surface area is 68.7 Å². The van der Waals surface area contributed by atoms with Gasteiger partial charge in [0.1, 0.15) is 0 Å². The molecule has 0 aliphatic rings. The van der Waals surface area contributed by atoms with Crippen molar-refractivity contribution in [2.24, 2.45) is 0 Å². The lowest BCUT2D eigenvalue weighted by atomic mass is 10.3. The molecule has 3 N–H and O–H groups in total. The summed E-state index contributed by atoms with van der Waals surface area (Å²) in [4.78, 5) is 26.8. The maximum atomic E-state index is 10.2. The molecule has 0 aliphatic carbocycles. The second-order valence-electron chi connectivity index (χ2n) is 1.88. The highest BCUT2D eigenvalue weighted by atomic mass is 31.2. The van der Waals surface area contributed by atoms with Gasteiger partial charge < -0.3 is 14.9 Å². The Balaban J connectivity index is 4.35. The molecule has 0 amide bonds. The average molecular weight is 196 g/mol. The number of carboxylic acids is 1. The van der Waals surface area contributed by atoms with Crippen LogP contribution in [0, 0.1) is 0 Å². The summed E-state index contributed by atoms with van der Waals surface area (Å²) >= 11 is 0. The molecule has 70 valence electrons. The Morgan fingerprint density at radius 2 is 2.08 bits per heavy atom. The number of allylic oxidation sites excluding steroid dienone is 1. The van der Waals surface area contributed by atoms with Crippen LogP contribution in [0.25, 0.3) is 0 Å². The van der Waals surface area contributed by atoms with Crippen LogP contribution in [0.4, 0.5) is 0 Å². The third kappa shape index (κ3) is 5.03. The van der Waals surface area contributed by atoms with Gasteiger partial charge in [0.2, 0.25) is 0 Å². The first-order valence-electron chi connectivity index (χ1n) is 2.96. The van der Waals surface area contributed by atoms with Crippen molar-refractivity contribution in [3.8, 4) is 0 Å². The van der Waals surface area contributed by atoms with Gasteiger partial charge in [-0.2, -0.15) is 0 Å². The molecule has 0 saturated carbocycles. The summed E-state index contributed by atoms with van der Waals surface area (Å²) in [6, 6.07) is 0. The molecular weight excluding hydrogens is 187 g/mol. The highest BCUT2D eigenvalue weighted by molar-refractivity contribution is 7.46. The van der Waals surface area contributed by atoms with Gasteiger partial charge in [0.15, 0.2) is 6.10 Å². The second kappa shape index (κ2) is 4.37. The van der Waals surface area contributed by atoms with E-state index in [1.807, 2.05) is 0 Å². The summed E-state index contributed by atoms with van der Waals surface area (Å²) in [5.41, 5.74) is 0. The van der Waals surface area contributed by atoms with Crippen molar-refractivity contribution in [1.29, 1.82) is 0 Å². The number of rotatable bonds is 4. The zero-order chi connectivity index (χ0) is 9.78. The third-order valence-electron chi connectivity index (χ3n) is 0.862. The van der Waals surface area contributed by atoms with Crippen LogP contribution in [0.15, 0.2) is 12.2 Å². The lowest BCUT2D eigenvalue weighted by Gasteiger charge is -2.09. The van der Waals surface area contributed by atoms with E-state index < -0.39 is 19.9 Å². The fraction of sp³-hybridized carbons (Fsp3) is 0.400. The molecule has 0 fully saturated rings. The van der Waals surface area contributed by atoms with Crippen LogP contribution in [0.1, 0.15) is 6.92 Å². The molecule has 1 atom stereocenters. The molecule has 0 rings (SSSR count). The first-order chi connectivity index (χ1) is 5.37. The van der Waals surface area contributed by atoms with E-state index >= 15 is 0 Å². The van der Waals surface area contributed by atoms with Crippen LogP contribution in [0.5, 0.6) is 0 Å². The Hall–Kier alpha value is -0.680. The fourth-order valence-electron chi connectivity index (χ4n) is 0.485. The van der Waals surface area contributed by atoms with Gasteiger partial charge in [0, 0.05) is 0 Å². The fourth-order valence-corrected chi connectivity index (χ4v) is 0.942. The molecular formula is C5H9O6P. The van der Waals surface area contributed by atoms with Crippen molar-refractivity contribution in [3.05, 3.63) is 12.2 Å². The lowest BCUT2D eigenvalue weighted by Crippen LogP contribution is -2.19. The molecule has 6 nitrogen and oxygen atoms in total. The van der Waals surface area contributed by atoms with Crippen LogP contribution in [-0.2, 0) is 13.9 Å². The minimum absolute atomic E-state index is 1.03. The number of carboxylic acid groups (broad SMARTS) is 1. The van der Waals surface area contributed by atoms with Gasteiger partial charge >= 0.3 is 13.8 Å². The van der Waals surface area contributed by atoms with Crippen LogP contribution in [-0.4, -0.2) is 27.0 Å². The molecule has 0 aliphatic heterocycles. The standard InChI is InChI=1S/C5H9O6P/c1-2-3-4(5(6)7)11-12(8,9)10/h2-4H,1H3,(H,6,7)(H2,8,9,10). The Kier molecular flexibility index (Phi) is 4.12. The topological polar surface area (TPSA) is 104 Å². The summed E-state index contributed by atoms with van der Waals surface area (Å²) < 4.78 is 14.1. The molecule has 0 radical (unpaired) electrons. The second-order valence-corrected chi connectivity index (χ2v) is 3.07. The molecule has 0 aromatic carbocycles. The van der Waals surface area contributed by atoms with Crippen LogP contribution < -0.4 is 0 Å². The molecule has 0 spiro atoms. The highest BCUT2D eigenvalue weighted by Crippen LogP contribution is 2.37. The molecule has 0 aromatic heterocycles. The van der Waals surface area contributed by atoms with Gasteiger partial charge in [-0.1, -0.05) is 6.08 Å². The molecule has 7 heteroatoms. The van der Waals surface area contributed by atoms with Crippen molar-refractivity contribution in [3.63, 3.8) is 0 Å². The molecule has 1 unspecified atom stereocenters. The van der Waals surface area contributed by atoms with Crippen LogP contribution in [0.3, 0.4) is 0 Å². The summed E-state index contributed by atoms with van der Waals surface area (Å²) in [5.74, 6) is -1.45. The number of phosphoric acid groups is 1. The predicted molar refractivity (Wildman–Crippen MR) is 39.4 cm³/mol. The van der Waals surface area contributed by atoms with Gasteiger partial charge in [-0.25, -0.2) is 9.36 Å². The molecule has 0 bridgehead atoms. The Morgan fingerprint density at radius 1 is 1.58 bits per heavy atom. The number of aliphatic carboxylic acids is 1. The van der Waals surface area contributed by atoms with Crippen molar-refractivity contribution >= 4 is 13.8 Å². The van der Waals surface area contributed by atoms with Gasteiger partial charge in [0.25, 0.3) is 0 Å². The van der Waals surface area contributed by atoms with Gasteiger partial charge in [-0.3, -0.25) is 4.52 Å². The van der Waals surface area contributed by atoms with Crippen LogP contribution >= 0.6 is 7.82 Å². The average Bonchev–Trinajstić information content (AvgIpc) is 1.83. The summed E-state index contributed by atoms with van der Waals surface area (Å²) in [6.07, 6.45) is 0.756. The van der Waals surface area contributed by atoms with Gasteiger partial charge in [-0.15, -0.1) is 0 Å². The van der Waals surface area contributed by atoms with E-state index in [4.69, 9.17) is 14.9 Å². The normalized spacial score (nSPS) is 14.9. The van der Waals surface area contributed by atoms with Crippen molar-refractivity contribution in [2.75, 3.05) is 0 Å².